The number of esters is 1. The molecule has 12 atom stereocenters. The molecule has 0 unspecified atom stereocenters. The number of nitrogens with one attached hydrogen (secondary N) is 1. The zero-order valence-electron chi connectivity index (χ0n) is 22.9. The highest BCUT2D eigenvalue weighted by molar-refractivity contribution is 5.91. The second-order valence-electron chi connectivity index (χ2n) is 12.6. The van der Waals surface area contributed by atoms with Gasteiger partial charge >= 0.3 is 5.97 Å². The van der Waals surface area contributed by atoms with Gasteiger partial charge in [0.05, 0.1) is 6.10 Å². The summed E-state index contributed by atoms with van der Waals surface area (Å²) in [4.78, 5) is 40.2. The highest BCUT2D eigenvalue weighted by Crippen LogP contribution is 2.71. The van der Waals surface area contributed by atoms with Crippen LogP contribution < -0.4 is 5.32 Å². The molecule has 3 N–H and O–H groups in total. The fraction of sp³-hybridized carbons (Fsp3) is 0.633. The summed E-state index contributed by atoms with van der Waals surface area (Å²) in [6, 6.07) is 9.40. The van der Waals surface area contributed by atoms with Crippen molar-refractivity contribution in [2.75, 3.05) is 0 Å². The monoisotopic (exact) mass is 539 g/mol. The Labute approximate surface area is 227 Å². The summed E-state index contributed by atoms with van der Waals surface area (Å²) in [5.41, 5.74) is -4.15. The minimum atomic E-state index is -1.84. The van der Waals surface area contributed by atoms with Gasteiger partial charge in [0.25, 0.3) is 0 Å². The van der Waals surface area contributed by atoms with Crippen molar-refractivity contribution in [2.24, 2.45) is 23.2 Å². The third-order valence-electron chi connectivity index (χ3n) is 10.3. The van der Waals surface area contributed by atoms with E-state index in [1.807, 2.05) is 44.2 Å². The van der Waals surface area contributed by atoms with E-state index >= 15 is 0 Å². The quantitative estimate of drug-likeness (QED) is 0.298. The first-order valence-corrected chi connectivity index (χ1v) is 13.8. The van der Waals surface area contributed by atoms with E-state index in [1.54, 1.807) is 19.1 Å². The van der Waals surface area contributed by atoms with Gasteiger partial charge in [0, 0.05) is 30.7 Å². The van der Waals surface area contributed by atoms with E-state index in [1.165, 1.54) is 13.8 Å². The maximum Gasteiger partial charge on any atom is 0.303 e. The highest BCUT2D eigenvalue weighted by atomic mass is 16.7. The number of benzene rings is 1. The van der Waals surface area contributed by atoms with Crippen molar-refractivity contribution < 1.29 is 38.8 Å². The lowest BCUT2D eigenvalue weighted by atomic mass is 9.49. The molecular weight excluding hydrogens is 502 g/mol. The predicted octanol–water partition coefficient (Wildman–Crippen LogP) is 1.48. The molecule has 3 saturated heterocycles. The van der Waals surface area contributed by atoms with Crippen LogP contribution in [0.3, 0.4) is 0 Å². The third kappa shape index (κ3) is 3.49. The Morgan fingerprint density at radius 1 is 1.15 bits per heavy atom. The van der Waals surface area contributed by atoms with Gasteiger partial charge in [-0.3, -0.25) is 14.4 Å². The van der Waals surface area contributed by atoms with Crippen molar-refractivity contribution >= 4 is 17.7 Å². The first-order valence-electron chi connectivity index (χ1n) is 13.8. The molecular formula is C30H37NO8. The summed E-state index contributed by atoms with van der Waals surface area (Å²) in [7, 11) is 0. The molecule has 3 heterocycles. The number of hydrogen-bond acceptors (Lipinski definition) is 8. The Kier molecular flexibility index (Phi) is 5.77. The van der Waals surface area contributed by atoms with Gasteiger partial charge in [-0.15, -0.1) is 0 Å². The van der Waals surface area contributed by atoms with Gasteiger partial charge in [0.15, 0.2) is 5.78 Å². The predicted molar refractivity (Wildman–Crippen MR) is 138 cm³/mol. The zero-order chi connectivity index (χ0) is 28.1. The molecule has 1 saturated carbocycles. The van der Waals surface area contributed by atoms with Crippen molar-refractivity contribution in [3.05, 3.63) is 48.0 Å². The van der Waals surface area contributed by atoms with Crippen LogP contribution in [0.15, 0.2) is 42.5 Å². The first-order chi connectivity index (χ1) is 18.3. The summed E-state index contributed by atoms with van der Waals surface area (Å²) >= 11 is 0. The molecule has 9 heteroatoms. The normalized spacial score (nSPS) is 50.7. The molecule has 210 valence electrons. The Bertz CT molecular complexity index is 1250. The van der Waals surface area contributed by atoms with Crippen molar-refractivity contribution in [2.45, 2.75) is 94.7 Å². The van der Waals surface area contributed by atoms with Crippen LogP contribution in [0, 0.1) is 23.2 Å². The zero-order valence-corrected chi connectivity index (χ0v) is 22.9. The van der Waals surface area contributed by atoms with E-state index in [9.17, 15) is 24.6 Å². The van der Waals surface area contributed by atoms with Crippen molar-refractivity contribution in [3.63, 3.8) is 0 Å². The van der Waals surface area contributed by atoms with Crippen LogP contribution in [0.5, 0.6) is 0 Å². The van der Waals surface area contributed by atoms with Crippen LogP contribution in [0.4, 0.5) is 0 Å². The Balaban J connectivity index is 1.56. The van der Waals surface area contributed by atoms with Gasteiger partial charge in [-0.2, -0.15) is 0 Å². The van der Waals surface area contributed by atoms with Crippen molar-refractivity contribution in [1.29, 1.82) is 0 Å². The SMILES string of the molecule is CC(=O)O[C@@H]1[C@H]2O[C@H]2[C@@](C)(O)C(=O)[C@@H](C)C/C=C\[C@H]2[C@H](O)[C@@]3(C)O[C@@]3(C)[C@@H]3[C@H](Cc4ccccc4)NC(=O)[C@]132. The molecule has 0 bridgehead atoms. The molecule has 9 nitrogen and oxygen atoms in total. The van der Waals surface area contributed by atoms with E-state index in [0.717, 1.165) is 5.56 Å². The Morgan fingerprint density at radius 3 is 2.51 bits per heavy atom. The molecule has 5 aliphatic rings. The number of Topliss-reactive ketones (excluding diaryl/α,β-unsaturated/α-hetero) is 1. The van der Waals surface area contributed by atoms with Gasteiger partial charge in [-0.1, -0.05) is 49.4 Å². The maximum atomic E-state index is 14.4. The van der Waals surface area contributed by atoms with Gasteiger partial charge in [-0.25, -0.2) is 0 Å². The number of amides is 1. The van der Waals surface area contributed by atoms with Gasteiger partial charge < -0.3 is 29.7 Å². The fourth-order valence-electron chi connectivity index (χ4n) is 8.19. The van der Waals surface area contributed by atoms with Crippen LogP contribution in [-0.2, 0) is 35.0 Å². The van der Waals surface area contributed by atoms with Crippen LogP contribution in [0.1, 0.15) is 46.6 Å². The number of ether oxygens (including phenoxy) is 3. The molecule has 1 aromatic rings. The number of carbonyl (C=O) groups is 3. The average Bonchev–Trinajstić information content (AvgIpc) is 3.75. The number of hydrogen-bond donors (Lipinski definition) is 3. The number of aliphatic hydroxyl groups is 2. The van der Waals surface area contributed by atoms with Crippen LogP contribution in [0.25, 0.3) is 0 Å². The molecule has 0 aromatic heterocycles. The van der Waals surface area contributed by atoms with E-state index < -0.39 is 76.4 Å². The first kappa shape index (κ1) is 26.6. The molecule has 2 aliphatic carbocycles. The second kappa shape index (κ2) is 8.46. The molecule has 4 fully saturated rings. The smallest absolute Gasteiger partial charge is 0.303 e. The second-order valence-corrected chi connectivity index (χ2v) is 12.6. The lowest BCUT2D eigenvalue weighted by molar-refractivity contribution is -0.178. The minimum Gasteiger partial charge on any atom is -0.458 e. The van der Waals surface area contributed by atoms with Crippen LogP contribution in [0.2, 0.25) is 0 Å². The van der Waals surface area contributed by atoms with E-state index in [4.69, 9.17) is 14.2 Å². The third-order valence-corrected chi connectivity index (χ3v) is 10.3. The maximum absolute atomic E-state index is 14.4. The largest absolute Gasteiger partial charge is 0.458 e. The summed E-state index contributed by atoms with van der Waals surface area (Å²) in [6.07, 6.45) is 0.231. The summed E-state index contributed by atoms with van der Waals surface area (Å²) in [6.45, 7) is 8.18. The lowest BCUT2D eigenvalue weighted by Gasteiger charge is -2.51. The summed E-state index contributed by atoms with van der Waals surface area (Å²) in [5.74, 6) is -3.22. The van der Waals surface area contributed by atoms with E-state index in [0.29, 0.717) is 12.8 Å². The van der Waals surface area contributed by atoms with Crippen molar-refractivity contribution in [1.82, 2.24) is 5.32 Å². The number of allylic oxidation sites excluding steroid dienone is 1. The molecule has 1 spiro atoms. The number of rotatable bonds is 3. The molecule has 1 amide bonds. The highest BCUT2D eigenvalue weighted by Gasteiger charge is 2.87. The number of aliphatic hydroxyl groups excluding tert-OH is 1. The molecule has 6 rings (SSSR count). The number of epoxide rings is 2. The van der Waals surface area contributed by atoms with Crippen LogP contribution in [-0.4, -0.2) is 75.1 Å². The van der Waals surface area contributed by atoms with Crippen LogP contribution >= 0.6 is 0 Å². The minimum absolute atomic E-state index is 0.304. The van der Waals surface area contributed by atoms with Gasteiger partial charge in [0.2, 0.25) is 5.91 Å². The molecule has 39 heavy (non-hydrogen) atoms. The topological polar surface area (TPSA) is 138 Å². The fourth-order valence-corrected chi connectivity index (χ4v) is 8.19. The Hall–Kier alpha value is -2.59. The standard InChI is InChI=1S/C30H37NO8/c1-15-10-9-13-18-23(34)29(5)28(4,39-29)21-19(14-17-11-7-6-8-12-17)31-26(35)30(18,21)25(37-16(2)32)20-24(38-20)27(3,36)22(15)33/h6-9,11-13,15,18-21,23-25,34,36H,10,14H2,1-5H3,(H,31,35)/b13-9-/t15-,18-,19-,20-,21-,23-,24+,25+,27-,28-,29+,30-/m0/s1. The summed E-state index contributed by atoms with van der Waals surface area (Å²) < 4.78 is 18.3. The number of carbonyl (C=O) groups excluding carboxylic acids is 3. The number of ketones is 1. The summed E-state index contributed by atoms with van der Waals surface area (Å²) in [5, 5.41) is 26.4. The molecule has 3 aliphatic heterocycles. The van der Waals surface area contributed by atoms with Crippen molar-refractivity contribution in [3.8, 4) is 0 Å². The lowest BCUT2D eigenvalue weighted by Crippen LogP contribution is -2.67. The Morgan fingerprint density at radius 2 is 1.85 bits per heavy atom. The van der Waals surface area contributed by atoms with Gasteiger partial charge in [0.1, 0.15) is 40.5 Å². The van der Waals surface area contributed by atoms with E-state index in [2.05, 4.69) is 5.32 Å². The molecule has 0 radical (unpaired) electrons. The van der Waals surface area contributed by atoms with Gasteiger partial charge in [-0.05, 0) is 39.2 Å². The molecule has 1 aromatic carbocycles. The average molecular weight is 540 g/mol. The number of fused-ring (bicyclic) bond motifs is 3. The van der Waals surface area contributed by atoms with E-state index in [-0.39, 0.29) is 11.7 Å².